The number of aryl methyl sites for hydroxylation is 1. The topological polar surface area (TPSA) is 30.9 Å². The molecule has 2 fully saturated rings. The van der Waals surface area contributed by atoms with Gasteiger partial charge in [0, 0.05) is 38.9 Å². The zero-order valence-corrected chi connectivity index (χ0v) is 22.4. The number of anilines is 1. The van der Waals surface area contributed by atoms with Gasteiger partial charge in [0.25, 0.3) is 0 Å². The lowest BCUT2D eigenvalue weighted by Crippen LogP contribution is -2.39. The van der Waals surface area contributed by atoms with E-state index < -0.39 is 0 Å². The van der Waals surface area contributed by atoms with Gasteiger partial charge in [0.1, 0.15) is 5.75 Å². The van der Waals surface area contributed by atoms with Gasteiger partial charge in [-0.1, -0.05) is 43.0 Å². The Labute approximate surface area is 217 Å². The lowest BCUT2D eigenvalue weighted by molar-refractivity contribution is -0.141. The zero-order valence-electron chi connectivity index (χ0n) is 22.4. The van der Waals surface area contributed by atoms with Crippen molar-refractivity contribution in [3.63, 3.8) is 0 Å². The van der Waals surface area contributed by atoms with Crippen molar-refractivity contribution >= 4 is 11.3 Å². The number of rotatable bonds is 7. The largest absolute Gasteiger partial charge is 0.497 e. The molecule has 1 heterocycles. The fourth-order valence-corrected chi connectivity index (χ4v) is 6.87. The minimum absolute atomic E-state index is 0.0893. The molecule has 0 aromatic heterocycles. The molecule has 0 atom stereocenters. The van der Waals surface area contributed by atoms with Crippen LogP contribution in [0.1, 0.15) is 74.5 Å². The minimum Gasteiger partial charge on any atom is -0.497 e. The number of hydrogen-bond acceptors (Lipinski definition) is 4. The fraction of sp³-hybridized carbons (Fsp3) is 0.562. The van der Waals surface area contributed by atoms with Crippen molar-refractivity contribution in [2.45, 2.75) is 70.5 Å². The van der Waals surface area contributed by atoms with Crippen molar-refractivity contribution in [3.05, 3.63) is 64.7 Å². The molecule has 4 nitrogen and oxygen atoms in total. The number of methoxy groups -OCH3 is 3. The van der Waals surface area contributed by atoms with E-state index in [4.69, 9.17) is 14.2 Å². The molecule has 5 rings (SSSR count). The predicted octanol–water partition coefficient (Wildman–Crippen LogP) is 7.25. The van der Waals surface area contributed by atoms with Crippen LogP contribution in [-0.2, 0) is 15.9 Å². The van der Waals surface area contributed by atoms with E-state index in [0.717, 1.165) is 44.0 Å². The first-order valence-electron chi connectivity index (χ1n) is 14.0. The van der Waals surface area contributed by atoms with Crippen molar-refractivity contribution in [2.75, 3.05) is 39.3 Å². The number of hydrogen-bond donors (Lipinski definition) is 0. The Morgan fingerprint density at radius 1 is 0.778 bits per heavy atom. The van der Waals surface area contributed by atoms with Crippen LogP contribution in [-0.4, -0.2) is 40.7 Å². The maximum Gasteiger partial charge on any atom is 0.159 e. The van der Waals surface area contributed by atoms with Crippen molar-refractivity contribution in [3.8, 4) is 5.75 Å². The van der Waals surface area contributed by atoms with Crippen molar-refractivity contribution in [1.82, 2.24) is 0 Å². The van der Waals surface area contributed by atoms with Crippen molar-refractivity contribution < 1.29 is 14.2 Å². The summed E-state index contributed by atoms with van der Waals surface area (Å²) in [5.41, 5.74) is 8.77. The SMILES string of the molecule is COc1ccc2c(c1)CCCC(C1CCCCC1)=C2c1ccc(N2CCC(C(OC)OC)CC2)cc1. The van der Waals surface area contributed by atoms with E-state index in [-0.39, 0.29) is 6.29 Å². The van der Waals surface area contributed by atoms with Gasteiger partial charge in [0.2, 0.25) is 0 Å². The van der Waals surface area contributed by atoms with Gasteiger partial charge in [0.15, 0.2) is 6.29 Å². The van der Waals surface area contributed by atoms with Gasteiger partial charge in [-0.2, -0.15) is 0 Å². The molecule has 2 aromatic rings. The van der Waals surface area contributed by atoms with E-state index in [1.165, 1.54) is 72.9 Å². The molecule has 0 amide bonds. The minimum atomic E-state index is -0.0893. The maximum absolute atomic E-state index is 5.59. The van der Waals surface area contributed by atoms with Gasteiger partial charge in [-0.25, -0.2) is 0 Å². The van der Waals surface area contributed by atoms with E-state index in [2.05, 4.69) is 47.4 Å². The number of piperidine rings is 1. The van der Waals surface area contributed by atoms with Gasteiger partial charge in [-0.05, 0) is 97.4 Å². The molecule has 0 bridgehead atoms. The number of ether oxygens (including phenoxy) is 3. The average Bonchev–Trinajstić information content (AvgIpc) is 3.14. The molecule has 0 unspecified atom stereocenters. The van der Waals surface area contributed by atoms with Crippen LogP contribution in [0.15, 0.2) is 48.0 Å². The average molecular weight is 490 g/mol. The number of fused-ring (bicyclic) bond motifs is 1. The Kier molecular flexibility index (Phi) is 8.33. The summed E-state index contributed by atoms with van der Waals surface area (Å²) >= 11 is 0. The van der Waals surface area contributed by atoms with E-state index in [9.17, 15) is 0 Å². The summed E-state index contributed by atoms with van der Waals surface area (Å²) in [6, 6.07) is 16.2. The maximum atomic E-state index is 5.59. The van der Waals surface area contributed by atoms with Crippen LogP contribution in [0.25, 0.3) is 5.57 Å². The number of benzene rings is 2. The monoisotopic (exact) mass is 489 g/mol. The third-order valence-corrected chi connectivity index (χ3v) is 8.80. The van der Waals surface area contributed by atoms with Gasteiger partial charge < -0.3 is 19.1 Å². The molecule has 3 aliphatic rings. The summed E-state index contributed by atoms with van der Waals surface area (Å²) in [4.78, 5) is 2.52. The first kappa shape index (κ1) is 25.4. The summed E-state index contributed by atoms with van der Waals surface area (Å²) in [7, 11) is 5.27. The highest BCUT2D eigenvalue weighted by molar-refractivity contribution is 5.85. The first-order valence-corrected chi connectivity index (χ1v) is 14.0. The summed E-state index contributed by atoms with van der Waals surface area (Å²) in [5, 5.41) is 0. The van der Waals surface area contributed by atoms with Gasteiger partial charge >= 0.3 is 0 Å². The molecule has 1 saturated carbocycles. The summed E-state index contributed by atoms with van der Waals surface area (Å²) in [6.07, 6.45) is 12.5. The predicted molar refractivity (Wildman–Crippen MR) is 148 cm³/mol. The Morgan fingerprint density at radius 3 is 2.17 bits per heavy atom. The summed E-state index contributed by atoms with van der Waals surface area (Å²) in [6.45, 7) is 2.10. The highest BCUT2D eigenvalue weighted by Crippen LogP contribution is 2.43. The summed E-state index contributed by atoms with van der Waals surface area (Å²) < 4.78 is 16.6. The normalized spacial score (nSPS) is 19.9. The van der Waals surface area contributed by atoms with E-state index >= 15 is 0 Å². The third kappa shape index (κ3) is 5.35. The number of nitrogens with zero attached hydrogens (tertiary/aromatic N) is 1. The Balaban J connectivity index is 1.44. The van der Waals surface area contributed by atoms with Gasteiger partial charge in [-0.3, -0.25) is 0 Å². The Hall–Kier alpha value is -2.30. The quantitative estimate of drug-likeness (QED) is 0.383. The molecular formula is C32H43NO3. The van der Waals surface area contributed by atoms with Crippen molar-refractivity contribution in [1.29, 1.82) is 0 Å². The molecule has 0 radical (unpaired) electrons. The fourth-order valence-electron chi connectivity index (χ4n) is 6.87. The van der Waals surface area contributed by atoms with Crippen LogP contribution in [0.2, 0.25) is 0 Å². The van der Waals surface area contributed by atoms with Crippen LogP contribution in [0.5, 0.6) is 5.75 Å². The lowest BCUT2D eigenvalue weighted by Gasteiger charge is -2.36. The standard InChI is InChI=1S/C32H43NO3/c1-34-28-16-17-30-26(22-28)10-7-11-29(23-8-5-4-6-9-23)31(30)24-12-14-27(15-13-24)33-20-18-25(19-21-33)32(35-2)36-3/h12-17,22-23,25,32H,4-11,18-21H2,1-3H3. The molecule has 2 aliphatic carbocycles. The molecule has 1 aliphatic heterocycles. The van der Waals surface area contributed by atoms with Crippen LogP contribution < -0.4 is 9.64 Å². The van der Waals surface area contributed by atoms with Crippen LogP contribution in [0, 0.1) is 11.8 Å². The van der Waals surface area contributed by atoms with Gasteiger partial charge in [-0.15, -0.1) is 0 Å². The zero-order chi connectivity index (χ0) is 24.9. The second-order valence-electron chi connectivity index (χ2n) is 10.8. The highest BCUT2D eigenvalue weighted by atomic mass is 16.7. The Morgan fingerprint density at radius 2 is 1.50 bits per heavy atom. The molecule has 0 N–H and O–H groups in total. The molecular weight excluding hydrogens is 446 g/mol. The van der Waals surface area contributed by atoms with E-state index in [1.54, 1.807) is 26.9 Å². The molecule has 36 heavy (non-hydrogen) atoms. The first-order chi connectivity index (χ1) is 17.7. The number of allylic oxidation sites excluding steroid dienone is 1. The van der Waals surface area contributed by atoms with Gasteiger partial charge in [0.05, 0.1) is 7.11 Å². The van der Waals surface area contributed by atoms with E-state index in [0.29, 0.717) is 5.92 Å². The van der Waals surface area contributed by atoms with E-state index in [1.807, 2.05) is 0 Å². The molecule has 4 heteroatoms. The second-order valence-corrected chi connectivity index (χ2v) is 10.8. The lowest BCUT2D eigenvalue weighted by atomic mass is 9.78. The van der Waals surface area contributed by atoms with Crippen LogP contribution in [0.3, 0.4) is 0 Å². The molecule has 2 aromatic carbocycles. The van der Waals surface area contributed by atoms with Crippen LogP contribution >= 0.6 is 0 Å². The molecule has 194 valence electrons. The Bertz CT molecular complexity index is 1030. The summed E-state index contributed by atoms with van der Waals surface area (Å²) in [5.74, 6) is 2.17. The van der Waals surface area contributed by atoms with Crippen LogP contribution in [0.4, 0.5) is 5.69 Å². The highest BCUT2D eigenvalue weighted by Gasteiger charge is 2.28. The molecule has 0 spiro atoms. The third-order valence-electron chi connectivity index (χ3n) is 8.80. The molecule has 1 saturated heterocycles. The smallest absolute Gasteiger partial charge is 0.159 e. The van der Waals surface area contributed by atoms with Crippen molar-refractivity contribution in [2.24, 2.45) is 11.8 Å². The second kappa shape index (κ2) is 11.8.